The maximum atomic E-state index is 12.5. The number of pyridine rings is 1. The zero-order valence-electron chi connectivity index (χ0n) is 18.6. The van der Waals surface area contributed by atoms with Crippen molar-refractivity contribution in [1.29, 1.82) is 0 Å². The number of rotatable bonds is 6. The van der Waals surface area contributed by atoms with Crippen LogP contribution in [0.2, 0.25) is 0 Å². The molecule has 3 aromatic heterocycles. The summed E-state index contributed by atoms with van der Waals surface area (Å²) in [7, 11) is 3.84. The second-order valence-corrected chi connectivity index (χ2v) is 8.84. The minimum Gasteiger partial charge on any atom is -0.348 e. The number of carbonyl (C=O) groups is 1. The van der Waals surface area contributed by atoms with Crippen LogP contribution in [0.3, 0.4) is 0 Å². The molecule has 3 heterocycles. The topological polar surface area (TPSA) is 71.0 Å². The van der Waals surface area contributed by atoms with E-state index in [1.54, 1.807) is 17.5 Å². The fourth-order valence-electron chi connectivity index (χ4n) is 3.31. The Balaban J connectivity index is 1.57. The maximum Gasteiger partial charge on any atom is 0.252 e. The van der Waals surface area contributed by atoms with Crippen molar-refractivity contribution in [3.05, 3.63) is 81.8 Å². The standard InChI is InChI=1S/C25H25N5OS/c1-16-17(2)32-15-21(16)24(31)27-13-18-8-10-19(11-9-18)23-20(22-7-5-6-12-26-22)14-28-25(29-23)30(3)4/h5-12,14-15H,13H2,1-4H3,(H,27,31). The molecule has 4 rings (SSSR count). The third kappa shape index (κ3) is 4.53. The van der Waals surface area contributed by atoms with E-state index in [0.29, 0.717) is 12.5 Å². The summed E-state index contributed by atoms with van der Waals surface area (Å²) >= 11 is 1.60. The monoisotopic (exact) mass is 443 g/mol. The lowest BCUT2D eigenvalue weighted by Gasteiger charge is -2.14. The Hall–Kier alpha value is -3.58. The van der Waals surface area contributed by atoms with E-state index in [2.05, 4.69) is 15.3 Å². The fraction of sp³-hybridized carbons (Fsp3) is 0.200. The average molecular weight is 444 g/mol. The van der Waals surface area contributed by atoms with Crippen molar-refractivity contribution in [2.75, 3.05) is 19.0 Å². The van der Waals surface area contributed by atoms with Gasteiger partial charge in [-0.3, -0.25) is 9.78 Å². The van der Waals surface area contributed by atoms with E-state index >= 15 is 0 Å². The van der Waals surface area contributed by atoms with Gasteiger partial charge in [-0.1, -0.05) is 30.3 Å². The summed E-state index contributed by atoms with van der Waals surface area (Å²) in [4.78, 5) is 29.3. The van der Waals surface area contributed by atoms with Crippen LogP contribution in [0.4, 0.5) is 5.95 Å². The molecule has 0 aliphatic heterocycles. The third-order valence-electron chi connectivity index (χ3n) is 5.33. The predicted molar refractivity (Wildman–Crippen MR) is 130 cm³/mol. The average Bonchev–Trinajstić information content (AvgIpc) is 3.16. The predicted octanol–water partition coefficient (Wildman–Crippen LogP) is 4.88. The lowest BCUT2D eigenvalue weighted by Crippen LogP contribution is -2.23. The van der Waals surface area contributed by atoms with Crippen molar-refractivity contribution in [2.24, 2.45) is 0 Å². The summed E-state index contributed by atoms with van der Waals surface area (Å²) in [6.07, 6.45) is 3.58. The molecule has 32 heavy (non-hydrogen) atoms. The number of aryl methyl sites for hydroxylation is 1. The van der Waals surface area contributed by atoms with Gasteiger partial charge in [0.25, 0.3) is 5.91 Å². The molecule has 6 nitrogen and oxygen atoms in total. The first-order valence-corrected chi connectivity index (χ1v) is 11.2. The molecule has 1 N–H and O–H groups in total. The number of nitrogens with one attached hydrogen (secondary N) is 1. The number of benzene rings is 1. The number of amides is 1. The SMILES string of the molecule is Cc1scc(C(=O)NCc2ccc(-c3nc(N(C)C)ncc3-c3ccccn3)cc2)c1C. The van der Waals surface area contributed by atoms with Gasteiger partial charge in [0.15, 0.2) is 0 Å². The second-order valence-electron chi connectivity index (χ2n) is 7.75. The van der Waals surface area contributed by atoms with Gasteiger partial charge in [0.1, 0.15) is 0 Å². The number of carbonyl (C=O) groups excluding carboxylic acids is 1. The van der Waals surface area contributed by atoms with Gasteiger partial charge in [-0.15, -0.1) is 11.3 Å². The van der Waals surface area contributed by atoms with Gasteiger partial charge in [0.05, 0.1) is 17.0 Å². The first kappa shape index (κ1) is 21.6. The van der Waals surface area contributed by atoms with Gasteiger partial charge in [0, 0.05) is 54.4 Å². The Morgan fingerprint density at radius 1 is 1.06 bits per heavy atom. The normalized spacial score (nSPS) is 10.8. The van der Waals surface area contributed by atoms with Crippen LogP contribution in [0.15, 0.2) is 60.2 Å². The van der Waals surface area contributed by atoms with Crippen molar-refractivity contribution < 1.29 is 4.79 Å². The minimum atomic E-state index is -0.0419. The Bertz CT molecular complexity index is 1230. The Morgan fingerprint density at radius 3 is 2.47 bits per heavy atom. The maximum absolute atomic E-state index is 12.5. The molecule has 0 unspecified atom stereocenters. The van der Waals surface area contributed by atoms with Gasteiger partial charge in [0.2, 0.25) is 5.95 Å². The van der Waals surface area contributed by atoms with E-state index in [0.717, 1.165) is 39.2 Å². The van der Waals surface area contributed by atoms with E-state index < -0.39 is 0 Å². The molecule has 0 spiro atoms. The summed E-state index contributed by atoms with van der Waals surface area (Å²) in [6.45, 7) is 4.48. The molecule has 0 radical (unpaired) electrons. The third-order valence-corrected chi connectivity index (χ3v) is 6.34. The molecule has 0 bridgehead atoms. The molecular formula is C25H25N5OS. The number of anilines is 1. The summed E-state index contributed by atoms with van der Waals surface area (Å²) in [5, 5.41) is 4.93. The number of nitrogens with zero attached hydrogens (tertiary/aromatic N) is 4. The molecular weight excluding hydrogens is 418 g/mol. The first-order chi connectivity index (χ1) is 15.4. The van der Waals surface area contributed by atoms with E-state index in [9.17, 15) is 4.79 Å². The Labute approximate surface area is 192 Å². The molecule has 0 saturated carbocycles. The van der Waals surface area contributed by atoms with Crippen LogP contribution >= 0.6 is 11.3 Å². The largest absolute Gasteiger partial charge is 0.348 e. The Morgan fingerprint density at radius 2 is 1.84 bits per heavy atom. The van der Waals surface area contributed by atoms with Crippen LogP contribution < -0.4 is 10.2 Å². The van der Waals surface area contributed by atoms with Crippen LogP contribution in [-0.4, -0.2) is 35.0 Å². The Kier molecular flexibility index (Phi) is 6.28. The molecule has 0 aliphatic carbocycles. The molecule has 7 heteroatoms. The lowest BCUT2D eigenvalue weighted by atomic mass is 10.0. The molecule has 0 atom stereocenters. The molecule has 162 valence electrons. The summed E-state index contributed by atoms with van der Waals surface area (Å²) < 4.78 is 0. The van der Waals surface area contributed by atoms with Crippen molar-refractivity contribution in [3.8, 4) is 22.5 Å². The van der Waals surface area contributed by atoms with Gasteiger partial charge in [-0.2, -0.15) is 0 Å². The molecule has 0 fully saturated rings. The van der Waals surface area contributed by atoms with Crippen molar-refractivity contribution in [3.63, 3.8) is 0 Å². The zero-order chi connectivity index (χ0) is 22.7. The van der Waals surface area contributed by atoms with Crippen LogP contribution in [0.25, 0.3) is 22.5 Å². The molecule has 4 aromatic rings. The van der Waals surface area contributed by atoms with Crippen LogP contribution in [0, 0.1) is 13.8 Å². The van der Waals surface area contributed by atoms with Crippen LogP contribution in [0.5, 0.6) is 0 Å². The summed E-state index contributed by atoms with van der Waals surface area (Å²) in [5.74, 6) is 0.595. The van der Waals surface area contributed by atoms with Gasteiger partial charge < -0.3 is 10.2 Å². The zero-order valence-corrected chi connectivity index (χ0v) is 19.4. The van der Waals surface area contributed by atoms with Crippen LogP contribution in [0.1, 0.15) is 26.4 Å². The van der Waals surface area contributed by atoms with Gasteiger partial charge in [-0.05, 0) is 37.1 Å². The highest BCUT2D eigenvalue weighted by molar-refractivity contribution is 7.10. The van der Waals surface area contributed by atoms with E-state index in [1.165, 1.54) is 4.88 Å². The lowest BCUT2D eigenvalue weighted by molar-refractivity contribution is 0.0950. The minimum absolute atomic E-state index is 0.0419. The number of hydrogen-bond acceptors (Lipinski definition) is 6. The number of aromatic nitrogens is 3. The fourth-order valence-corrected chi connectivity index (χ4v) is 4.18. The highest BCUT2D eigenvalue weighted by atomic mass is 32.1. The quantitative estimate of drug-likeness (QED) is 0.460. The van der Waals surface area contributed by atoms with E-state index in [4.69, 9.17) is 4.98 Å². The van der Waals surface area contributed by atoms with Crippen molar-refractivity contribution >= 4 is 23.2 Å². The van der Waals surface area contributed by atoms with Crippen molar-refractivity contribution in [1.82, 2.24) is 20.3 Å². The summed E-state index contributed by atoms with van der Waals surface area (Å²) in [5.41, 5.74) is 6.31. The summed E-state index contributed by atoms with van der Waals surface area (Å²) in [6, 6.07) is 13.9. The smallest absolute Gasteiger partial charge is 0.252 e. The molecule has 1 amide bonds. The second kappa shape index (κ2) is 9.28. The molecule has 1 aromatic carbocycles. The molecule has 0 aliphatic rings. The highest BCUT2D eigenvalue weighted by Gasteiger charge is 2.15. The van der Waals surface area contributed by atoms with E-state index in [-0.39, 0.29) is 5.91 Å². The van der Waals surface area contributed by atoms with Gasteiger partial charge in [-0.25, -0.2) is 9.97 Å². The first-order valence-electron chi connectivity index (χ1n) is 10.3. The highest BCUT2D eigenvalue weighted by Crippen LogP contribution is 2.30. The molecule has 0 saturated heterocycles. The van der Waals surface area contributed by atoms with Crippen molar-refractivity contribution in [2.45, 2.75) is 20.4 Å². The van der Waals surface area contributed by atoms with E-state index in [1.807, 2.05) is 86.9 Å². The number of hydrogen-bond donors (Lipinski definition) is 1. The van der Waals surface area contributed by atoms with Crippen LogP contribution in [-0.2, 0) is 6.54 Å². The number of thiophene rings is 1. The van der Waals surface area contributed by atoms with Gasteiger partial charge >= 0.3 is 0 Å².